The third-order valence-corrected chi connectivity index (χ3v) is 6.62. The number of nitrogens with one attached hydrogen (secondary N) is 1. The van der Waals surface area contributed by atoms with Crippen LogP contribution in [0.1, 0.15) is 16.1 Å². The van der Waals surface area contributed by atoms with Gasteiger partial charge in [0.15, 0.2) is 4.90 Å². The molecule has 1 atom stereocenters. The lowest BCUT2D eigenvalue weighted by Gasteiger charge is -2.16. The maximum absolute atomic E-state index is 12.9. The topological polar surface area (TPSA) is 109 Å². The van der Waals surface area contributed by atoms with Crippen LogP contribution < -0.4 is 14.8 Å². The van der Waals surface area contributed by atoms with Gasteiger partial charge in [-0.25, -0.2) is 0 Å². The second-order valence-electron chi connectivity index (χ2n) is 5.84. The lowest BCUT2D eigenvalue weighted by atomic mass is 9.99. The number of carbonyl (C=O) groups excluding carboxylic acids is 1. The molecule has 2 heterocycles. The van der Waals surface area contributed by atoms with E-state index in [1.165, 1.54) is 20.4 Å². The van der Waals surface area contributed by atoms with Crippen molar-refractivity contribution in [1.82, 2.24) is 15.2 Å². The van der Waals surface area contributed by atoms with Crippen molar-refractivity contribution in [2.45, 2.75) is 11.8 Å². The number of hydrogen-bond donors (Lipinski definition) is 1. The number of amides is 1. The van der Waals surface area contributed by atoms with E-state index in [9.17, 15) is 9.35 Å². The molecule has 3 aromatic rings. The molecule has 0 aliphatic rings. The van der Waals surface area contributed by atoms with Crippen LogP contribution in [0.15, 0.2) is 33.8 Å². The summed E-state index contributed by atoms with van der Waals surface area (Å²) in [6, 6.07) is 5.28. The highest BCUT2D eigenvalue weighted by Crippen LogP contribution is 2.38. The van der Waals surface area contributed by atoms with Crippen molar-refractivity contribution in [1.29, 1.82) is 0 Å². The molecule has 3 rings (SSSR count). The molecular formula is C18H17BrN4O4S2. The molecular weight excluding hydrogens is 480 g/mol. The molecule has 11 heteroatoms. The van der Waals surface area contributed by atoms with Crippen LogP contribution >= 0.6 is 27.3 Å². The number of rotatable bonds is 6. The summed E-state index contributed by atoms with van der Waals surface area (Å²) >= 11 is 3.37. The normalized spacial score (nSPS) is 11.8. The SMILES string of the molecule is COc1nnc(NC(=O)c2cnc(C)cc2-c2cc(Br)c([S@+](C)[O-])cc2OC)s1. The lowest BCUT2D eigenvalue weighted by molar-refractivity contribution is 0.102. The van der Waals surface area contributed by atoms with Crippen LogP contribution in [-0.2, 0) is 11.2 Å². The van der Waals surface area contributed by atoms with E-state index in [2.05, 4.69) is 36.4 Å². The Morgan fingerprint density at radius 3 is 2.59 bits per heavy atom. The van der Waals surface area contributed by atoms with Crippen LogP contribution in [-0.4, -0.2) is 46.1 Å². The molecule has 0 saturated carbocycles. The Morgan fingerprint density at radius 2 is 1.97 bits per heavy atom. The first-order valence-electron chi connectivity index (χ1n) is 8.20. The van der Waals surface area contributed by atoms with Crippen molar-refractivity contribution in [3.05, 3.63) is 40.1 Å². The number of aryl methyl sites for hydroxylation is 1. The van der Waals surface area contributed by atoms with E-state index in [0.29, 0.717) is 42.1 Å². The Bertz CT molecular complexity index is 1060. The predicted molar refractivity (Wildman–Crippen MR) is 115 cm³/mol. The molecule has 0 unspecified atom stereocenters. The fourth-order valence-electron chi connectivity index (χ4n) is 2.61. The van der Waals surface area contributed by atoms with Gasteiger partial charge in [-0.2, -0.15) is 0 Å². The van der Waals surface area contributed by atoms with E-state index in [4.69, 9.17) is 9.47 Å². The minimum absolute atomic E-state index is 0.309. The summed E-state index contributed by atoms with van der Waals surface area (Å²) in [6.07, 6.45) is 3.09. The molecule has 29 heavy (non-hydrogen) atoms. The van der Waals surface area contributed by atoms with Crippen molar-refractivity contribution >= 4 is 49.5 Å². The molecule has 0 saturated heterocycles. The minimum atomic E-state index is -1.21. The summed E-state index contributed by atoms with van der Waals surface area (Å²) in [5, 5.41) is 11.0. The highest BCUT2D eigenvalue weighted by atomic mass is 79.9. The summed E-state index contributed by atoms with van der Waals surface area (Å²) in [4.78, 5) is 17.8. The van der Waals surface area contributed by atoms with E-state index in [1.54, 1.807) is 24.5 Å². The van der Waals surface area contributed by atoms with Gasteiger partial charge < -0.3 is 14.0 Å². The first-order valence-corrected chi connectivity index (χ1v) is 11.4. The van der Waals surface area contributed by atoms with Crippen LogP contribution in [0.2, 0.25) is 0 Å². The maximum atomic E-state index is 12.9. The molecule has 0 aliphatic heterocycles. The third-order valence-electron chi connectivity index (χ3n) is 3.94. The molecule has 0 radical (unpaired) electrons. The number of anilines is 1. The molecule has 152 valence electrons. The standard InChI is InChI=1S/C18H17BrN4O4S2/c1-9-5-10(11-6-13(19)15(29(4)25)7-14(11)26-2)12(8-20-9)16(24)21-17-22-23-18(27-3)28-17/h5-8H,1-4H3,(H,21,22,24)/t29-/m0/s1. The third kappa shape index (κ3) is 4.69. The molecule has 0 spiro atoms. The molecule has 0 bridgehead atoms. The van der Waals surface area contributed by atoms with E-state index in [1.807, 2.05) is 6.92 Å². The summed E-state index contributed by atoms with van der Waals surface area (Å²) in [5.41, 5.74) is 2.35. The molecule has 1 amide bonds. The van der Waals surface area contributed by atoms with E-state index >= 15 is 0 Å². The van der Waals surface area contributed by atoms with Crippen molar-refractivity contribution in [2.24, 2.45) is 0 Å². The van der Waals surface area contributed by atoms with E-state index in [-0.39, 0.29) is 0 Å². The van der Waals surface area contributed by atoms with E-state index < -0.39 is 17.1 Å². The maximum Gasteiger partial charge on any atom is 0.295 e. The number of carbonyl (C=O) groups is 1. The van der Waals surface area contributed by atoms with Crippen molar-refractivity contribution in [3.63, 3.8) is 0 Å². The fourth-order valence-corrected chi connectivity index (χ4v) is 4.79. The van der Waals surface area contributed by atoms with Gasteiger partial charge in [0.2, 0.25) is 5.13 Å². The monoisotopic (exact) mass is 496 g/mol. The molecule has 2 aromatic heterocycles. The van der Waals surface area contributed by atoms with Gasteiger partial charge in [-0.3, -0.25) is 15.1 Å². The van der Waals surface area contributed by atoms with E-state index in [0.717, 1.165) is 17.0 Å². The summed E-state index contributed by atoms with van der Waals surface area (Å²) in [6.45, 7) is 1.83. The summed E-state index contributed by atoms with van der Waals surface area (Å²) < 4.78 is 23.1. The molecule has 1 aromatic carbocycles. The van der Waals surface area contributed by atoms with Crippen LogP contribution in [0.25, 0.3) is 11.1 Å². The van der Waals surface area contributed by atoms with Crippen molar-refractivity contribution < 1.29 is 18.8 Å². The van der Waals surface area contributed by atoms with Gasteiger partial charge in [0.1, 0.15) is 12.0 Å². The fraction of sp³-hybridized carbons (Fsp3) is 0.222. The second-order valence-corrected chi connectivity index (χ2v) is 8.98. The highest BCUT2D eigenvalue weighted by Gasteiger charge is 2.22. The number of nitrogens with zero attached hydrogens (tertiary/aromatic N) is 3. The first-order chi connectivity index (χ1) is 13.8. The first kappa shape index (κ1) is 21.5. The number of ether oxygens (including phenoxy) is 2. The molecule has 1 N–H and O–H groups in total. The number of hydrogen-bond acceptors (Lipinski definition) is 8. The zero-order valence-corrected chi connectivity index (χ0v) is 19.2. The van der Waals surface area contributed by atoms with Gasteiger partial charge >= 0.3 is 0 Å². The number of pyridine rings is 1. The van der Waals surface area contributed by atoms with Crippen LogP contribution in [0.5, 0.6) is 10.9 Å². The quantitative estimate of drug-likeness (QED) is 0.518. The average molecular weight is 497 g/mol. The Labute approximate surface area is 183 Å². The Hall–Kier alpha value is -2.21. The van der Waals surface area contributed by atoms with Gasteiger partial charge in [0, 0.05) is 29.1 Å². The molecule has 0 aliphatic carbocycles. The molecule has 0 fully saturated rings. The van der Waals surface area contributed by atoms with Gasteiger partial charge in [-0.15, -0.1) is 5.10 Å². The molecule has 8 nitrogen and oxygen atoms in total. The zero-order valence-electron chi connectivity index (χ0n) is 16.0. The van der Waals surface area contributed by atoms with Gasteiger partial charge in [-0.1, -0.05) is 5.10 Å². The van der Waals surface area contributed by atoms with Crippen molar-refractivity contribution in [3.8, 4) is 22.1 Å². The smallest absolute Gasteiger partial charge is 0.295 e. The second kappa shape index (κ2) is 9.08. The number of benzene rings is 1. The largest absolute Gasteiger partial charge is 0.612 e. The Balaban J connectivity index is 2.07. The van der Waals surface area contributed by atoms with Gasteiger partial charge in [-0.05, 0) is 57.5 Å². The number of methoxy groups -OCH3 is 2. The number of aromatic nitrogens is 3. The Kier molecular flexibility index (Phi) is 6.73. The lowest BCUT2D eigenvalue weighted by Crippen LogP contribution is -2.14. The highest BCUT2D eigenvalue weighted by molar-refractivity contribution is 9.10. The number of halogens is 1. The Morgan fingerprint density at radius 1 is 1.21 bits per heavy atom. The predicted octanol–water partition coefficient (Wildman–Crippen LogP) is 3.68. The van der Waals surface area contributed by atoms with Gasteiger partial charge in [0.05, 0.1) is 24.3 Å². The van der Waals surface area contributed by atoms with Crippen molar-refractivity contribution in [2.75, 3.05) is 25.8 Å². The van der Waals surface area contributed by atoms with Gasteiger partial charge in [0.25, 0.3) is 11.1 Å². The van der Waals surface area contributed by atoms with Crippen LogP contribution in [0, 0.1) is 6.92 Å². The summed E-state index contributed by atoms with van der Waals surface area (Å²) in [7, 11) is 3.00. The zero-order chi connectivity index (χ0) is 21.1. The summed E-state index contributed by atoms with van der Waals surface area (Å²) in [5.74, 6) is 0.100. The average Bonchev–Trinajstić information content (AvgIpc) is 3.14. The minimum Gasteiger partial charge on any atom is -0.612 e. The van der Waals surface area contributed by atoms with Crippen LogP contribution in [0.3, 0.4) is 0 Å². The van der Waals surface area contributed by atoms with Crippen LogP contribution in [0.4, 0.5) is 5.13 Å².